The highest BCUT2D eigenvalue weighted by Crippen LogP contribution is 2.38. The third-order valence-electron chi connectivity index (χ3n) is 5.91. The molecule has 0 spiro atoms. The van der Waals surface area contributed by atoms with Crippen molar-refractivity contribution >= 4 is 33.6 Å². The van der Waals surface area contributed by atoms with Crippen LogP contribution in [0, 0.1) is 0 Å². The van der Waals surface area contributed by atoms with Gasteiger partial charge in [-0.1, -0.05) is 66.8 Å². The molecular formula is C24H28INO2. The second-order valence-electron chi connectivity index (χ2n) is 8.02. The first kappa shape index (κ1) is 19.8. The van der Waals surface area contributed by atoms with Gasteiger partial charge in [-0.15, -0.1) is 0 Å². The number of benzene rings is 2. The molecule has 1 aliphatic heterocycles. The molecule has 2 aromatic carbocycles. The topological polar surface area (TPSA) is 25.6 Å². The van der Waals surface area contributed by atoms with Crippen LogP contribution in [0.1, 0.15) is 48.8 Å². The Morgan fingerprint density at radius 2 is 2.00 bits per heavy atom. The van der Waals surface area contributed by atoms with Gasteiger partial charge in [0.25, 0.3) is 0 Å². The van der Waals surface area contributed by atoms with Crippen LogP contribution in [0.15, 0.2) is 53.1 Å². The smallest absolute Gasteiger partial charge is 0.175 e. The minimum atomic E-state index is 0.558. The molecule has 4 heteroatoms. The van der Waals surface area contributed by atoms with Gasteiger partial charge in [0.15, 0.2) is 11.3 Å². The van der Waals surface area contributed by atoms with Gasteiger partial charge < -0.3 is 9.15 Å². The third kappa shape index (κ3) is 3.81. The summed E-state index contributed by atoms with van der Waals surface area (Å²) in [6.45, 7) is 7.79. The maximum Gasteiger partial charge on any atom is 0.175 e. The van der Waals surface area contributed by atoms with E-state index >= 15 is 0 Å². The fourth-order valence-electron chi connectivity index (χ4n) is 4.44. The quantitative estimate of drug-likeness (QED) is 0.308. The minimum absolute atomic E-state index is 0.558. The third-order valence-corrected chi connectivity index (χ3v) is 7.41. The molecule has 1 aliphatic rings. The van der Waals surface area contributed by atoms with Crippen molar-refractivity contribution in [2.75, 3.05) is 20.2 Å². The Morgan fingerprint density at radius 3 is 2.79 bits per heavy atom. The van der Waals surface area contributed by atoms with Gasteiger partial charge >= 0.3 is 0 Å². The number of likely N-dealkylation sites (tertiary alicyclic amines) is 1. The SMILES string of the molecule is COc1ccc(CN2CCC(I)C(c3ccccc3C(C)C)C2)c2ccoc12. The van der Waals surface area contributed by atoms with Crippen LogP contribution in [-0.2, 0) is 6.54 Å². The second kappa shape index (κ2) is 8.46. The Hall–Kier alpha value is -1.53. The van der Waals surface area contributed by atoms with Crippen LogP contribution in [-0.4, -0.2) is 29.0 Å². The normalized spacial score (nSPS) is 20.8. The number of hydrogen-bond donors (Lipinski definition) is 0. The summed E-state index contributed by atoms with van der Waals surface area (Å²) in [6, 6.07) is 15.3. The molecule has 0 saturated carbocycles. The second-order valence-corrected chi connectivity index (χ2v) is 9.62. The van der Waals surface area contributed by atoms with Crippen molar-refractivity contribution in [3.63, 3.8) is 0 Å². The number of hydrogen-bond acceptors (Lipinski definition) is 3. The van der Waals surface area contributed by atoms with Gasteiger partial charge in [0.2, 0.25) is 0 Å². The van der Waals surface area contributed by atoms with Gasteiger partial charge in [0, 0.05) is 28.3 Å². The molecule has 0 radical (unpaired) electrons. The number of piperidine rings is 1. The fourth-order valence-corrected chi connectivity index (χ4v) is 5.33. The summed E-state index contributed by atoms with van der Waals surface area (Å²) in [5.74, 6) is 1.94. The van der Waals surface area contributed by atoms with Crippen molar-refractivity contribution in [1.82, 2.24) is 4.90 Å². The van der Waals surface area contributed by atoms with Crippen LogP contribution in [0.5, 0.6) is 5.75 Å². The number of methoxy groups -OCH3 is 1. The Morgan fingerprint density at radius 1 is 1.18 bits per heavy atom. The monoisotopic (exact) mass is 489 g/mol. The van der Waals surface area contributed by atoms with Crippen molar-refractivity contribution < 1.29 is 9.15 Å². The van der Waals surface area contributed by atoms with Crippen LogP contribution < -0.4 is 4.74 Å². The molecule has 0 bridgehead atoms. The molecule has 2 unspecified atom stereocenters. The van der Waals surface area contributed by atoms with Crippen molar-refractivity contribution in [2.24, 2.45) is 0 Å². The molecule has 0 aliphatic carbocycles. The number of furan rings is 1. The number of alkyl halides is 1. The van der Waals surface area contributed by atoms with Gasteiger partial charge in [0.1, 0.15) is 0 Å². The average molecular weight is 489 g/mol. The van der Waals surface area contributed by atoms with E-state index in [1.807, 2.05) is 6.07 Å². The Kier molecular flexibility index (Phi) is 5.97. The number of halogens is 1. The van der Waals surface area contributed by atoms with E-state index in [1.165, 1.54) is 23.1 Å². The average Bonchev–Trinajstić information content (AvgIpc) is 3.20. The summed E-state index contributed by atoms with van der Waals surface area (Å²) < 4.78 is 11.8. The van der Waals surface area contributed by atoms with Crippen LogP contribution in [0.4, 0.5) is 0 Å². The van der Waals surface area contributed by atoms with E-state index in [-0.39, 0.29) is 0 Å². The lowest BCUT2D eigenvalue weighted by atomic mass is 9.84. The first-order chi connectivity index (χ1) is 13.6. The summed E-state index contributed by atoms with van der Waals surface area (Å²) in [4.78, 5) is 2.60. The fraction of sp³-hybridized carbons (Fsp3) is 0.417. The van der Waals surface area contributed by atoms with Crippen LogP contribution in [0.3, 0.4) is 0 Å². The summed E-state index contributed by atoms with van der Waals surface area (Å²) in [5, 5.41) is 1.16. The van der Waals surface area contributed by atoms with Crippen molar-refractivity contribution in [3.05, 3.63) is 65.4 Å². The molecule has 4 rings (SSSR count). The molecule has 3 nitrogen and oxygen atoms in total. The predicted molar refractivity (Wildman–Crippen MR) is 124 cm³/mol. The first-order valence-electron chi connectivity index (χ1n) is 10.1. The van der Waals surface area contributed by atoms with E-state index in [0.717, 1.165) is 36.4 Å². The van der Waals surface area contributed by atoms with E-state index in [0.29, 0.717) is 15.8 Å². The Labute approximate surface area is 181 Å². The molecule has 0 N–H and O–H groups in total. The largest absolute Gasteiger partial charge is 0.493 e. The number of nitrogens with zero attached hydrogens (tertiary/aromatic N) is 1. The van der Waals surface area contributed by atoms with Crippen molar-refractivity contribution in [2.45, 2.75) is 42.6 Å². The Balaban J connectivity index is 1.59. The molecule has 1 aromatic heterocycles. The lowest BCUT2D eigenvalue weighted by Crippen LogP contribution is -2.39. The molecule has 1 saturated heterocycles. The highest BCUT2D eigenvalue weighted by atomic mass is 127. The highest BCUT2D eigenvalue weighted by molar-refractivity contribution is 14.1. The maximum atomic E-state index is 5.67. The standard InChI is InChI=1S/C24H28INO2/c1-16(2)18-6-4-5-7-20(18)21-15-26(12-10-22(21)25)14-17-8-9-23(27-3)24-19(17)11-13-28-24/h4-9,11,13,16,21-22H,10,12,14-15H2,1-3H3. The predicted octanol–water partition coefficient (Wildman–Crippen LogP) is 6.36. The zero-order chi connectivity index (χ0) is 19.7. The maximum absolute atomic E-state index is 5.67. The van der Waals surface area contributed by atoms with E-state index in [9.17, 15) is 0 Å². The van der Waals surface area contributed by atoms with Gasteiger partial charge in [-0.2, -0.15) is 0 Å². The molecular weight excluding hydrogens is 461 g/mol. The molecule has 148 valence electrons. The van der Waals surface area contributed by atoms with E-state index in [1.54, 1.807) is 13.4 Å². The summed E-state index contributed by atoms with van der Waals surface area (Å²) in [6.07, 6.45) is 2.98. The van der Waals surface area contributed by atoms with Crippen LogP contribution in [0.25, 0.3) is 11.0 Å². The zero-order valence-electron chi connectivity index (χ0n) is 16.8. The van der Waals surface area contributed by atoms with Gasteiger partial charge in [-0.3, -0.25) is 4.90 Å². The lowest BCUT2D eigenvalue weighted by molar-refractivity contribution is 0.208. The molecule has 0 amide bonds. The summed E-state index contributed by atoms with van der Waals surface area (Å²) in [5.41, 5.74) is 5.19. The van der Waals surface area contributed by atoms with Crippen LogP contribution in [0.2, 0.25) is 0 Å². The Bertz CT molecular complexity index is 949. The summed E-state index contributed by atoms with van der Waals surface area (Å²) in [7, 11) is 1.69. The lowest BCUT2D eigenvalue weighted by Gasteiger charge is -2.37. The van der Waals surface area contributed by atoms with E-state index in [4.69, 9.17) is 9.15 Å². The molecule has 1 fully saturated rings. The van der Waals surface area contributed by atoms with Crippen LogP contribution >= 0.6 is 22.6 Å². The van der Waals surface area contributed by atoms with E-state index < -0.39 is 0 Å². The number of rotatable bonds is 5. The summed E-state index contributed by atoms with van der Waals surface area (Å²) >= 11 is 2.67. The molecule has 28 heavy (non-hydrogen) atoms. The highest BCUT2D eigenvalue weighted by Gasteiger charge is 2.30. The van der Waals surface area contributed by atoms with E-state index in [2.05, 4.69) is 77.7 Å². The minimum Gasteiger partial charge on any atom is -0.493 e. The first-order valence-corrected chi connectivity index (χ1v) is 11.3. The van der Waals surface area contributed by atoms with Crippen molar-refractivity contribution in [3.8, 4) is 5.75 Å². The number of fused-ring (bicyclic) bond motifs is 1. The molecule has 3 aromatic rings. The van der Waals surface area contributed by atoms with Gasteiger partial charge in [-0.05, 0) is 47.7 Å². The van der Waals surface area contributed by atoms with Crippen molar-refractivity contribution in [1.29, 1.82) is 0 Å². The van der Waals surface area contributed by atoms with Gasteiger partial charge in [0.05, 0.1) is 13.4 Å². The molecule has 2 atom stereocenters. The number of ether oxygens (including phenoxy) is 1. The van der Waals surface area contributed by atoms with Gasteiger partial charge in [-0.25, -0.2) is 0 Å². The molecule has 2 heterocycles. The zero-order valence-corrected chi connectivity index (χ0v) is 19.0.